The lowest BCUT2D eigenvalue weighted by Gasteiger charge is -2.42. The molecule has 2 rings (SSSR count). The van der Waals surface area contributed by atoms with Gasteiger partial charge in [-0.25, -0.2) is 0 Å². The molecule has 0 amide bonds. The van der Waals surface area contributed by atoms with Crippen molar-refractivity contribution >= 4 is 5.69 Å². The molecule has 0 spiro atoms. The third-order valence-electron chi connectivity index (χ3n) is 4.03. The third-order valence-corrected chi connectivity index (χ3v) is 4.03. The first-order valence-electron chi connectivity index (χ1n) is 6.63. The first-order valence-corrected chi connectivity index (χ1v) is 6.63. The van der Waals surface area contributed by atoms with E-state index in [1.807, 2.05) is 19.9 Å². The molecule has 1 aromatic rings. The van der Waals surface area contributed by atoms with E-state index in [0.29, 0.717) is 6.61 Å². The molecule has 0 bridgehead atoms. The molecule has 1 aliphatic rings. The zero-order chi connectivity index (χ0) is 13.2. The van der Waals surface area contributed by atoms with Crippen LogP contribution >= 0.6 is 0 Å². The van der Waals surface area contributed by atoms with E-state index in [1.165, 1.54) is 5.56 Å². The molecular weight excluding hydrogens is 226 g/mol. The molecule has 0 radical (unpaired) electrons. The van der Waals surface area contributed by atoms with Crippen molar-refractivity contribution in [2.45, 2.75) is 38.3 Å². The van der Waals surface area contributed by atoms with Crippen molar-refractivity contribution in [3.63, 3.8) is 0 Å². The van der Waals surface area contributed by atoms with Crippen molar-refractivity contribution < 1.29 is 9.84 Å². The number of para-hydroxylation sites is 1. The fourth-order valence-electron chi connectivity index (χ4n) is 2.71. The number of nitrogens with one attached hydrogen (secondary N) is 1. The van der Waals surface area contributed by atoms with E-state index in [1.54, 1.807) is 7.11 Å². The number of aryl methyl sites for hydroxylation is 1. The molecule has 18 heavy (non-hydrogen) atoms. The standard InChI is InChI=1S/C15H23NO2/c1-11(2)15(17,10-18-3)14-9-8-12-6-4-5-7-13(12)16-14/h4-7,11,14,16-17H,8-10H2,1-3H3. The zero-order valence-electron chi connectivity index (χ0n) is 11.4. The zero-order valence-corrected chi connectivity index (χ0v) is 11.4. The quantitative estimate of drug-likeness (QED) is 0.861. The highest BCUT2D eigenvalue weighted by Crippen LogP contribution is 2.33. The Morgan fingerprint density at radius 2 is 2.17 bits per heavy atom. The van der Waals surface area contributed by atoms with E-state index in [-0.39, 0.29) is 12.0 Å². The van der Waals surface area contributed by atoms with Gasteiger partial charge >= 0.3 is 0 Å². The number of fused-ring (bicyclic) bond motifs is 1. The molecule has 3 heteroatoms. The Balaban J connectivity index is 2.20. The molecule has 0 aliphatic carbocycles. The monoisotopic (exact) mass is 249 g/mol. The number of anilines is 1. The Morgan fingerprint density at radius 1 is 1.44 bits per heavy atom. The fraction of sp³-hybridized carbons (Fsp3) is 0.600. The van der Waals surface area contributed by atoms with Crippen molar-refractivity contribution in [3.8, 4) is 0 Å². The second-order valence-electron chi connectivity index (χ2n) is 5.47. The van der Waals surface area contributed by atoms with Gasteiger partial charge in [0.1, 0.15) is 5.60 Å². The Morgan fingerprint density at radius 3 is 2.83 bits per heavy atom. The third kappa shape index (κ3) is 2.38. The smallest absolute Gasteiger partial charge is 0.110 e. The van der Waals surface area contributed by atoms with Gasteiger partial charge in [-0.05, 0) is 30.4 Å². The molecule has 0 aromatic heterocycles. The molecule has 2 N–H and O–H groups in total. The number of hydrogen-bond donors (Lipinski definition) is 2. The van der Waals surface area contributed by atoms with Crippen molar-refractivity contribution in [2.24, 2.45) is 5.92 Å². The summed E-state index contributed by atoms with van der Waals surface area (Å²) in [7, 11) is 1.64. The molecule has 0 saturated heterocycles. The Hall–Kier alpha value is -1.06. The van der Waals surface area contributed by atoms with Gasteiger partial charge in [0, 0.05) is 12.8 Å². The minimum Gasteiger partial charge on any atom is -0.385 e. The number of hydrogen-bond acceptors (Lipinski definition) is 3. The van der Waals surface area contributed by atoms with E-state index in [2.05, 4.69) is 23.5 Å². The average Bonchev–Trinajstić information content (AvgIpc) is 2.38. The topological polar surface area (TPSA) is 41.5 Å². The minimum absolute atomic E-state index is 0.0485. The van der Waals surface area contributed by atoms with E-state index >= 15 is 0 Å². The Bertz CT molecular complexity index is 405. The van der Waals surface area contributed by atoms with Crippen LogP contribution in [0.3, 0.4) is 0 Å². The van der Waals surface area contributed by atoms with Crippen LogP contribution in [0.25, 0.3) is 0 Å². The lowest BCUT2D eigenvalue weighted by molar-refractivity contribution is -0.0791. The van der Waals surface area contributed by atoms with Gasteiger partial charge in [0.15, 0.2) is 0 Å². The molecule has 3 nitrogen and oxygen atoms in total. The summed E-state index contributed by atoms with van der Waals surface area (Å²) in [5, 5.41) is 14.3. The van der Waals surface area contributed by atoms with Crippen molar-refractivity contribution in [1.29, 1.82) is 0 Å². The van der Waals surface area contributed by atoms with E-state index < -0.39 is 5.60 Å². The first kappa shape index (κ1) is 13.4. The average molecular weight is 249 g/mol. The maximum absolute atomic E-state index is 10.9. The van der Waals surface area contributed by atoms with Crippen LogP contribution in [0.15, 0.2) is 24.3 Å². The van der Waals surface area contributed by atoms with Gasteiger partial charge in [-0.3, -0.25) is 0 Å². The van der Waals surface area contributed by atoms with Crippen LogP contribution in [0.1, 0.15) is 25.8 Å². The first-order chi connectivity index (χ1) is 8.58. The molecule has 1 aliphatic heterocycles. The lowest BCUT2D eigenvalue weighted by Crippen LogP contribution is -2.55. The highest BCUT2D eigenvalue weighted by Gasteiger charge is 2.41. The molecule has 2 unspecified atom stereocenters. The number of aliphatic hydroxyl groups is 1. The summed E-state index contributed by atoms with van der Waals surface area (Å²) < 4.78 is 5.22. The second kappa shape index (κ2) is 5.29. The molecule has 0 fully saturated rings. The molecule has 0 saturated carbocycles. The predicted octanol–water partition coefficient (Wildman–Crippen LogP) is 2.45. The van der Waals surface area contributed by atoms with Crippen LogP contribution in [0.2, 0.25) is 0 Å². The van der Waals surface area contributed by atoms with Crippen LogP contribution in [0, 0.1) is 5.92 Å². The summed E-state index contributed by atoms with van der Waals surface area (Å²) in [6.45, 7) is 4.45. The van der Waals surface area contributed by atoms with Gasteiger partial charge in [0.25, 0.3) is 0 Å². The summed E-state index contributed by atoms with van der Waals surface area (Å²) in [5.41, 5.74) is 1.66. The van der Waals surface area contributed by atoms with Crippen LogP contribution in [0.4, 0.5) is 5.69 Å². The van der Waals surface area contributed by atoms with Crippen LogP contribution in [-0.2, 0) is 11.2 Å². The highest BCUT2D eigenvalue weighted by molar-refractivity contribution is 5.54. The number of benzene rings is 1. The van der Waals surface area contributed by atoms with Gasteiger partial charge < -0.3 is 15.2 Å². The number of rotatable bonds is 4. The maximum Gasteiger partial charge on any atom is 0.110 e. The van der Waals surface area contributed by atoms with Gasteiger partial charge in [0.2, 0.25) is 0 Å². The van der Waals surface area contributed by atoms with E-state index in [0.717, 1.165) is 18.5 Å². The van der Waals surface area contributed by atoms with Crippen LogP contribution in [-0.4, -0.2) is 30.5 Å². The SMILES string of the molecule is COCC(O)(C(C)C)C1CCc2ccccc2N1. The van der Waals surface area contributed by atoms with Crippen molar-refractivity contribution in [3.05, 3.63) is 29.8 Å². The van der Waals surface area contributed by atoms with Gasteiger partial charge in [-0.15, -0.1) is 0 Å². The Labute approximate surface area is 109 Å². The van der Waals surface area contributed by atoms with Gasteiger partial charge in [-0.1, -0.05) is 32.0 Å². The maximum atomic E-state index is 10.9. The molecule has 1 heterocycles. The summed E-state index contributed by atoms with van der Waals surface area (Å²) >= 11 is 0. The summed E-state index contributed by atoms with van der Waals surface area (Å²) in [4.78, 5) is 0. The number of methoxy groups -OCH3 is 1. The summed E-state index contributed by atoms with van der Waals surface area (Å²) in [6, 6.07) is 8.36. The lowest BCUT2D eigenvalue weighted by atomic mass is 9.79. The van der Waals surface area contributed by atoms with E-state index in [9.17, 15) is 5.11 Å². The Kier molecular flexibility index (Phi) is 3.93. The summed E-state index contributed by atoms with van der Waals surface area (Å²) in [5.74, 6) is 0.153. The van der Waals surface area contributed by atoms with Gasteiger partial charge in [-0.2, -0.15) is 0 Å². The molecular formula is C15H23NO2. The predicted molar refractivity (Wildman–Crippen MR) is 73.8 cm³/mol. The largest absolute Gasteiger partial charge is 0.385 e. The van der Waals surface area contributed by atoms with E-state index in [4.69, 9.17) is 4.74 Å². The molecule has 2 atom stereocenters. The van der Waals surface area contributed by atoms with Crippen LogP contribution < -0.4 is 5.32 Å². The van der Waals surface area contributed by atoms with Crippen molar-refractivity contribution in [1.82, 2.24) is 0 Å². The second-order valence-corrected chi connectivity index (χ2v) is 5.47. The molecule has 100 valence electrons. The highest BCUT2D eigenvalue weighted by atomic mass is 16.5. The summed E-state index contributed by atoms with van der Waals surface area (Å²) in [6.07, 6.45) is 1.95. The van der Waals surface area contributed by atoms with Crippen LogP contribution in [0.5, 0.6) is 0 Å². The molecule has 1 aromatic carbocycles. The minimum atomic E-state index is -0.817. The fourth-order valence-corrected chi connectivity index (χ4v) is 2.71. The van der Waals surface area contributed by atoms with Gasteiger partial charge in [0.05, 0.1) is 12.6 Å². The number of ether oxygens (including phenoxy) is 1. The normalized spacial score (nSPS) is 22.2. The van der Waals surface area contributed by atoms with Crippen molar-refractivity contribution in [2.75, 3.05) is 19.0 Å².